The lowest BCUT2D eigenvalue weighted by Crippen LogP contribution is -2.17. The van der Waals surface area contributed by atoms with Gasteiger partial charge in [-0.1, -0.05) is 0 Å². The van der Waals surface area contributed by atoms with E-state index >= 15 is 0 Å². The predicted molar refractivity (Wildman–Crippen MR) is 113 cm³/mol. The summed E-state index contributed by atoms with van der Waals surface area (Å²) >= 11 is 0. The van der Waals surface area contributed by atoms with Gasteiger partial charge in [0.1, 0.15) is 28.8 Å². The first-order chi connectivity index (χ1) is 15.4. The second kappa shape index (κ2) is 9.51. The maximum Gasteiger partial charge on any atom is 0.259 e. The highest BCUT2D eigenvalue weighted by molar-refractivity contribution is 6.11. The zero-order valence-electron chi connectivity index (χ0n) is 16.4. The third kappa shape index (κ3) is 4.78. The van der Waals surface area contributed by atoms with Gasteiger partial charge in [0.15, 0.2) is 0 Å². The van der Waals surface area contributed by atoms with E-state index in [9.17, 15) is 28.2 Å². The number of rotatable bonds is 7. The van der Waals surface area contributed by atoms with Gasteiger partial charge in [0.05, 0.1) is 24.0 Å². The number of benzene rings is 3. The lowest BCUT2D eigenvalue weighted by Gasteiger charge is -2.12. The van der Waals surface area contributed by atoms with Gasteiger partial charge < -0.3 is 15.4 Å². The zero-order valence-corrected chi connectivity index (χ0v) is 16.4. The molecule has 0 aliphatic carbocycles. The monoisotopic (exact) mass is 440 g/mol. The molecule has 2 N–H and O–H groups in total. The molecule has 162 valence electrons. The number of carbonyl (C=O) groups excluding carboxylic acids is 2. The van der Waals surface area contributed by atoms with E-state index in [0.29, 0.717) is 0 Å². The van der Waals surface area contributed by atoms with E-state index < -0.39 is 23.4 Å². The number of hydrogen-bond acceptors (Lipinski definition) is 7. The van der Waals surface area contributed by atoms with Crippen molar-refractivity contribution in [1.82, 2.24) is 0 Å². The summed E-state index contributed by atoms with van der Waals surface area (Å²) < 4.78 is 32.1. The van der Waals surface area contributed by atoms with E-state index in [-0.39, 0.29) is 39.6 Å². The number of nitroso groups, excluding NO2 is 2. The minimum atomic E-state index is -0.812. The summed E-state index contributed by atoms with van der Waals surface area (Å²) in [6, 6.07) is 9.88. The molecule has 11 heteroatoms. The van der Waals surface area contributed by atoms with E-state index in [2.05, 4.69) is 21.0 Å². The van der Waals surface area contributed by atoms with Crippen LogP contribution in [0.25, 0.3) is 0 Å². The summed E-state index contributed by atoms with van der Waals surface area (Å²) in [6.45, 7) is 0. The van der Waals surface area contributed by atoms with Gasteiger partial charge in [-0.05, 0) is 65.0 Å². The number of nitrogens with zero attached hydrogens (tertiary/aromatic N) is 2. The second-order valence-corrected chi connectivity index (χ2v) is 6.33. The van der Waals surface area contributed by atoms with E-state index in [4.69, 9.17) is 4.74 Å². The summed E-state index contributed by atoms with van der Waals surface area (Å²) in [7, 11) is 1.29. The first-order valence-corrected chi connectivity index (χ1v) is 8.93. The molecule has 0 radical (unpaired) electrons. The van der Waals surface area contributed by atoms with Crippen LogP contribution in [0.5, 0.6) is 5.75 Å². The van der Waals surface area contributed by atoms with Crippen molar-refractivity contribution in [2.75, 3.05) is 17.7 Å². The molecule has 0 atom stereocenters. The van der Waals surface area contributed by atoms with Crippen LogP contribution in [0.1, 0.15) is 20.7 Å². The Balaban J connectivity index is 1.92. The molecule has 0 heterocycles. The van der Waals surface area contributed by atoms with Crippen LogP contribution in [0.3, 0.4) is 0 Å². The number of hydrogen-bond donors (Lipinski definition) is 2. The highest BCUT2D eigenvalue weighted by atomic mass is 19.1. The van der Waals surface area contributed by atoms with E-state index in [1.54, 1.807) is 0 Å². The first kappa shape index (κ1) is 22.2. The Kier molecular flexibility index (Phi) is 6.59. The van der Waals surface area contributed by atoms with Crippen molar-refractivity contribution >= 4 is 34.6 Å². The molecule has 0 bridgehead atoms. The van der Waals surface area contributed by atoms with Gasteiger partial charge in [-0.25, -0.2) is 8.78 Å². The van der Waals surface area contributed by atoms with Crippen LogP contribution in [-0.4, -0.2) is 18.9 Å². The van der Waals surface area contributed by atoms with Gasteiger partial charge in [0, 0.05) is 5.56 Å². The largest absolute Gasteiger partial charge is 0.496 e. The molecule has 0 spiro atoms. The van der Waals surface area contributed by atoms with Crippen LogP contribution in [-0.2, 0) is 0 Å². The van der Waals surface area contributed by atoms with Crippen LogP contribution in [0, 0.1) is 21.4 Å². The molecule has 0 fully saturated rings. The number of amides is 2. The summed E-state index contributed by atoms with van der Waals surface area (Å²) in [5.74, 6) is -2.90. The average molecular weight is 440 g/mol. The van der Waals surface area contributed by atoms with Crippen molar-refractivity contribution < 1.29 is 23.1 Å². The molecule has 0 unspecified atom stereocenters. The van der Waals surface area contributed by atoms with E-state index in [1.807, 2.05) is 0 Å². The second-order valence-electron chi connectivity index (χ2n) is 6.33. The maximum absolute atomic E-state index is 13.5. The molecule has 3 rings (SSSR count). The van der Waals surface area contributed by atoms with Gasteiger partial charge in [-0.15, -0.1) is 9.81 Å². The Labute approximate surface area is 179 Å². The minimum Gasteiger partial charge on any atom is -0.496 e. The number of halogens is 2. The fourth-order valence-corrected chi connectivity index (χ4v) is 2.79. The molecule has 0 saturated carbocycles. The maximum atomic E-state index is 13.5. The van der Waals surface area contributed by atoms with Gasteiger partial charge in [0.25, 0.3) is 11.8 Å². The fraction of sp³-hybridized carbons (Fsp3) is 0.0476. The molecule has 9 nitrogen and oxygen atoms in total. The summed E-state index contributed by atoms with van der Waals surface area (Å²) in [6.07, 6.45) is 0. The van der Waals surface area contributed by atoms with Crippen LogP contribution in [0.4, 0.5) is 31.5 Å². The quantitative estimate of drug-likeness (QED) is 0.484. The van der Waals surface area contributed by atoms with E-state index in [0.717, 1.165) is 36.4 Å². The topological polar surface area (TPSA) is 126 Å². The molecule has 0 saturated heterocycles. The summed E-state index contributed by atoms with van der Waals surface area (Å²) in [5.41, 5.74) is -0.880. The van der Waals surface area contributed by atoms with Crippen molar-refractivity contribution in [3.8, 4) is 5.75 Å². The Bertz CT molecular complexity index is 1230. The number of nitrogens with one attached hydrogen (secondary N) is 2. The van der Waals surface area contributed by atoms with Crippen LogP contribution >= 0.6 is 0 Å². The van der Waals surface area contributed by atoms with Crippen LogP contribution < -0.4 is 15.4 Å². The van der Waals surface area contributed by atoms with Gasteiger partial charge in [-0.2, -0.15) is 0 Å². The Morgan fingerprint density at radius 2 is 1.31 bits per heavy atom. The van der Waals surface area contributed by atoms with Crippen molar-refractivity contribution in [3.05, 3.63) is 87.2 Å². The normalized spacial score (nSPS) is 10.2. The highest BCUT2D eigenvalue weighted by Gasteiger charge is 2.19. The zero-order chi connectivity index (χ0) is 23.3. The molecule has 2 amide bonds. The summed E-state index contributed by atoms with van der Waals surface area (Å²) in [5, 5.41) is 10.1. The standard InChI is InChI=1S/C21H14F2N4O5/c1-32-19-7-2-11(20(28)24-17-9-12(22)3-5-15(17)26-30)8-14(19)21(29)25-18-10-13(23)4-6-16(18)27-31/h2-10H,1H3,(H,24,28)(H,25,29). The Hall–Kier alpha value is -4.54. The van der Waals surface area contributed by atoms with Crippen LogP contribution in [0.15, 0.2) is 65.0 Å². The van der Waals surface area contributed by atoms with Gasteiger partial charge in [0.2, 0.25) is 0 Å². The number of carbonyl (C=O) groups is 2. The molecular weight excluding hydrogens is 426 g/mol. The lowest BCUT2D eigenvalue weighted by atomic mass is 10.1. The number of methoxy groups -OCH3 is 1. The van der Waals surface area contributed by atoms with Crippen molar-refractivity contribution in [2.24, 2.45) is 10.4 Å². The lowest BCUT2D eigenvalue weighted by molar-refractivity contribution is 0.102. The smallest absolute Gasteiger partial charge is 0.259 e. The minimum absolute atomic E-state index is 0.0370. The number of ether oxygens (including phenoxy) is 1. The fourth-order valence-electron chi connectivity index (χ4n) is 2.79. The summed E-state index contributed by atoms with van der Waals surface area (Å²) in [4.78, 5) is 47.2. The van der Waals surface area contributed by atoms with Crippen molar-refractivity contribution in [1.29, 1.82) is 0 Å². The molecule has 32 heavy (non-hydrogen) atoms. The van der Waals surface area contributed by atoms with Crippen LogP contribution in [0.2, 0.25) is 0 Å². The van der Waals surface area contributed by atoms with Gasteiger partial charge in [-0.3, -0.25) is 9.59 Å². The molecule has 0 aliphatic rings. The predicted octanol–water partition coefficient (Wildman–Crippen LogP) is 5.27. The molecule has 3 aromatic carbocycles. The third-order valence-corrected chi connectivity index (χ3v) is 4.32. The van der Waals surface area contributed by atoms with Crippen molar-refractivity contribution in [2.45, 2.75) is 0 Å². The van der Waals surface area contributed by atoms with E-state index in [1.165, 1.54) is 25.3 Å². The highest BCUT2D eigenvalue weighted by Crippen LogP contribution is 2.29. The number of anilines is 2. The Morgan fingerprint density at radius 3 is 1.81 bits per heavy atom. The first-order valence-electron chi connectivity index (χ1n) is 8.93. The average Bonchev–Trinajstić information content (AvgIpc) is 2.79. The molecular formula is C21H14F2N4O5. The van der Waals surface area contributed by atoms with Crippen molar-refractivity contribution in [3.63, 3.8) is 0 Å². The third-order valence-electron chi connectivity index (χ3n) is 4.32. The molecule has 0 aromatic heterocycles. The molecule has 3 aromatic rings. The SMILES string of the molecule is COc1ccc(C(=O)Nc2cc(F)ccc2N=O)cc1C(=O)Nc1cc(F)ccc1N=O. The van der Waals surface area contributed by atoms with Gasteiger partial charge >= 0.3 is 0 Å². The Morgan fingerprint density at radius 1 is 0.781 bits per heavy atom. The molecule has 0 aliphatic heterocycles.